The van der Waals surface area contributed by atoms with Gasteiger partial charge in [-0.25, -0.2) is 0 Å². The number of nitrogens with zero attached hydrogens (tertiary/aromatic N) is 1. The Morgan fingerprint density at radius 1 is 1.17 bits per heavy atom. The number of benzene rings is 1. The molecule has 2 heteroatoms. The summed E-state index contributed by atoms with van der Waals surface area (Å²) in [5.41, 5.74) is 1.39. The molecular weight excluding hydrogens is 282 g/mol. The molecule has 0 amide bonds. The summed E-state index contributed by atoms with van der Waals surface area (Å²) in [4.78, 5) is 14.8. The number of ketones is 1. The quantitative estimate of drug-likeness (QED) is 0.809. The summed E-state index contributed by atoms with van der Waals surface area (Å²) < 4.78 is 0. The van der Waals surface area contributed by atoms with Gasteiger partial charge in [-0.2, -0.15) is 0 Å². The van der Waals surface area contributed by atoms with Crippen molar-refractivity contribution in [1.82, 2.24) is 4.90 Å². The SMILES string of the molecule is CC1CCC2C(CCC3(Cc4ccccc4)CC(=O)C=CN23)C1. The highest BCUT2D eigenvalue weighted by molar-refractivity contribution is 5.91. The molecule has 4 atom stereocenters. The van der Waals surface area contributed by atoms with Crippen molar-refractivity contribution >= 4 is 5.78 Å². The third-order valence-electron chi connectivity index (χ3n) is 6.39. The van der Waals surface area contributed by atoms with Crippen molar-refractivity contribution in [2.24, 2.45) is 11.8 Å². The van der Waals surface area contributed by atoms with Gasteiger partial charge in [0.15, 0.2) is 5.78 Å². The second-order valence-electron chi connectivity index (χ2n) is 8.04. The van der Waals surface area contributed by atoms with Crippen LogP contribution in [-0.2, 0) is 11.2 Å². The molecular formula is C21H27NO. The summed E-state index contributed by atoms with van der Waals surface area (Å²) >= 11 is 0. The molecule has 3 aliphatic rings. The molecule has 1 saturated heterocycles. The lowest BCUT2D eigenvalue weighted by Gasteiger charge is -2.57. The standard InChI is InChI=1S/C21H27NO/c1-16-7-8-20-18(13-16)9-11-21(14-17-5-3-2-4-6-17)15-19(23)10-12-22(20)21/h2-6,10,12,16,18,20H,7-9,11,13-15H2,1H3. The predicted octanol–water partition coefficient (Wildman–Crippen LogP) is 4.36. The van der Waals surface area contributed by atoms with E-state index in [-0.39, 0.29) is 5.54 Å². The Balaban J connectivity index is 1.66. The number of fused-ring (bicyclic) bond motifs is 3. The van der Waals surface area contributed by atoms with Crippen LogP contribution >= 0.6 is 0 Å². The van der Waals surface area contributed by atoms with Crippen molar-refractivity contribution in [1.29, 1.82) is 0 Å². The zero-order chi connectivity index (χ0) is 15.9. The van der Waals surface area contributed by atoms with Crippen LogP contribution in [-0.4, -0.2) is 22.3 Å². The smallest absolute Gasteiger partial charge is 0.159 e. The van der Waals surface area contributed by atoms with Gasteiger partial charge in [0.2, 0.25) is 0 Å². The van der Waals surface area contributed by atoms with E-state index in [0.717, 1.165) is 24.7 Å². The Hall–Kier alpha value is -1.57. The minimum atomic E-state index is 0.0227. The van der Waals surface area contributed by atoms with Gasteiger partial charge in [0.05, 0.1) is 5.54 Å². The Kier molecular flexibility index (Phi) is 3.79. The molecule has 2 nitrogen and oxygen atoms in total. The third-order valence-corrected chi connectivity index (χ3v) is 6.39. The van der Waals surface area contributed by atoms with E-state index in [1.54, 1.807) is 0 Å². The fourth-order valence-corrected chi connectivity index (χ4v) is 5.31. The summed E-state index contributed by atoms with van der Waals surface area (Å²) in [6.45, 7) is 2.40. The minimum Gasteiger partial charge on any atom is -0.368 e. The lowest BCUT2D eigenvalue weighted by atomic mass is 9.66. The van der Waals surface area contributed by atoms with Crippen LogP contribution in [0.1, 0.15) is 51.0 Å². The van der Waals surface area contributed by atoms with E-state index in [4.69, 9.17) is 0 Å². The van der Waals surface area contributed by atoms with E-state index in [9.17, 15) is 4.79 Å². The number of hydrogen-bond donors (Lipinski definition) is 0. The Morgan fingerprint density at radius 3 is 2.83 bits per heavy atom. The molecule has 0 spiro atoms. The normalized spacial score (nSPS) is 36.5. The van der Waals surface area contributed by atoms with Gasteiger partial charge in [-0.1, -0.05) is 37.3 Å². The highest BCUT2D eigenvalue weighted by Gasteiger charge is 2.49. The van der Waals surface area contributed by atoms with Crippen molar-refractivity contribution in [3.63, 3.8) is 0 Å². The largest absolute Gasteiger partial charge is 0.368 e. The van der Waals surface area contributed by atoms with Gasteiger partial charge in [0, 0.05) is 18.7 Å². The van der Waals surface area contributed by atoms with Gasteiger partial charge >= 0.3 is 0 Å². The van der Waals surface area contributed by atoms with Gasteiger partial charge in [0.25, 0.3) is 0 Å². The number of carbonyl (C=O) groups is 1. The first-order chi connectivity index (χ1) is 11.2. The number of allylic oxidation sites excluding steroid dienone is 1. The molecule has 0 radical (unpaired) electrons. The van der Waals surface area contributed by atoms with E-state index in [1.807, 2.05) is 6.08 Å². The molecule has 2 heterocycles. The summed E-state index contributed by atoms with van der Waals surface area (Å²) in [5.74, 6) is 1.99. The molecule has 0 bridgehead atoms. The van der Waals surface area contributed by atoms with Gasteiger partial charge in [0.1, 0.15) is 0 Å². The van der Waals surface area contributed by atoms with E-state index in [1.165, 1.54) is 31.2 Å². The second-order valence-corrected chi connectivity index (χ2v) is 8.04. The Morgan fingerprint density at radius 2 is 2.00 bits per heavy atom. The Bertz CT molecular complexity index is 608. The van der Waals surface area contributed by atoms with Crippen molar-refractivity contribution in [2.75, 3.05) is 0 Å². The summed E-state index contributed by atoms with van der Waals surface area (Å²) in [6, 6.07) is 11.4. The molecule has 1 aliphatic carbocycles. The van der Waals surface area contributed by atoms with Crippen LogP contribution < -0.4 is 0 Å². The molecule has 4 rings (SSSR count). The van der Waals surface area contributed by atoms with E-state index >= 15 is 0 Å². The molecule has 4 unspecified atom stereocenters. The fraction of sp³-hybridized carbons (Fsp3) is 0.571. The van der Waals surface area contributed by atoms with Crippen LogP contribution in [0.3, 0.4) is 0 Å². The number of piperidine rings is 1. The van der Waals surface area contributed by atoms with Gasteiger partial charge in [-0.05, 0) is 62.0 Å². The molecule has 2 aliphatic heterocycles. The van der Waals surface area contributed by atoms with Crippen molar-refractivity contribution in [3.05, 3.63) is 48.2 Å². The van der Waals surface area contributed by atoms with Crippen molar-refractivity contribution < 1.29 is 4.79 Å². The second kappa shape index (κ2) is 5.81. The minimum absolute atomic E-state index is 0.0227. The van der Waals surface area contributed by atoms with Crippen LogP contribution in [0, 0.1) is 11.8 Å². The first-order valence-electron chi connectivity index (χ1n) is 9.20. The maximum absolute atomic E-state index is 12.2. The van der Waals surface area contributed by atoms with E-state index < -0.39 is 0 Å². The van der Waals surface area contributed by atoms with Crippen molar-refractivity contribution in [2.45, 2.75) is 63.5 Å². The third kappa shape index (κ3) is 2.73. The van der Waals surface area contributed by atoms with E-state index in [2.05, 4.69) is 48.4 Å². The summed E-state index contributed by atoms with van der Waals surface area (Å²) in [6.07, 6.45) is 12.1. The molecule has 2 fully saturated rings. The number of hydrogen-bond acceptors (Lipinski definition) is 2. The molecule has 122 valence electrons. The first kappa shape index (κ1) is 15.0. The van der Waals surface area contributed by atoms with Crippen LogP contribution in [0.15, 0.2) is 42.6 Å². The van der Waals surface area contributed by atoms with Gasteiger partial charge in [-0.15, -0.1) is 0 Å². The highest BCUT2D eigenvalue weighted by atomic mass is 16.1. The van der Waals surface area contributed by atoms with Crippen LogP contribution in [0.25, 0.3) is 0 Å². The lowest BCUT2D eigenvalue weighted by Crippen LogP contribution is -2.61. The average Bonchev–Trinajstić information content (AvgIpc) is 2.55. The maximum Gasteiger partial charge on any atom is 0.159 e. The molecule has 1 aromatic rings. The lowest BCUT2D eigenvalue weighted by molar-refractivity contribution is -0.122. The predicted molar refractivity (Wildman–Crippen MR) is 93.0 cm³/mol. The highest BCUT2D eigenvalue weighted by Crippen LogP contribution is 2.47. The van der Waals surface area contributed by atoms with Crippen LogP contribution in [0.2, 0.25) is 0 Å². The van der Waals surface area contributed by atoms with Gasteiger partial charge in [-0.3, -0.25) is 4.79 Å². The molecule has 23 heavy (non-hydrogen) atoms. The summed E-state index contributed by atoms with van der Waals surface area (Å²) in [5, 5.41) is 0. The summed E-state index contributed by atoms with van der Waals surface area (Å²) in [7, 11) is 0. The van der Waals surface area contributed by atoms with Crippen LogP contribution in [0.5, 0.6) is 0 Å². The monoisotopic (exact) mass is 309 g/mol. The Labute approximate surface area is 139 Å². The molecule has 1 aromatic carbocycles. The zero-order valence-corrected chi connectivity index (χ0v) is 14.1. The van der Waals surface area contributed by atoms with Crippen molar-refractivity contribution in [3.8, 4) is 0 Å². The number of rotatable bonds is 2. The fourth-order valence-electron chi connectivity index (χ4n) is 5.31. The molecule has 1 saturated carbocycles. The molecule has 0 N–H and O–H groups in total. The first-order valence-corrected chi connectivity index (χ1v) is 9.20. The van der Waals surface area contributed by atoms with Crippen LogP contribution in [0.4, 0.5) is 0 Å². The topological polar surface area (TPSA) is 20.3 Å². The number of carbonyl (C=O) groups excluding carboxylic acids is 1. The molecule has 0 aromatic heterocycles. The maximum atomic E-state index is 12.2. The van der Waals surface area contributed by atoms with E-state index in [0.29, 0.717) is 18.2 Å². The van der Waals surface area contributed by atoms with Gasteiger partial charge < -0.3 is 4.90 Å². The zero-order valence-electron chi connectivity index (χ0n) is 14.1. The average molecular weight is 309 g/mol.